The summed E-state index contributed by atoms with van der Waals surface area (Å²) >= 11 is 0. The van der Waals surface area contributed by atoms with E-state index in [1.807, 2.05) is 6.07 Å². The van der Waals surface area contributed by atoms with Crippen molar-refractivity contribution in [2.45, 2.75) is 31.7 Å². The second kappa shape index (κ2) is 5.00. The molecule has 1 unspecified atom stereocenters. The average Bonchev–Trinajstić information content (AvgIpc) is 2.27. The maximum Gasteiger partial charge on any atom is 0.251 e. The molecule has 94 valence electrons. The molecular weight excluding hydrogens is 224 g/mol. The number of phenols is 1. The monoisotopic (exact) mass is 241 g/mol. The minimum atomic E-state index is -2.32. The zero-order valence-corrected chi connectivity index (χ0v) is 9.87. The Morgan fingerprint density at radius 3 is 2.94 bits per heavy atom. The normalized spacial score (nSPS) is 19.7. The zero-order chi connectivity index (χ0) is 12.4. The van der Waals surface area contributed by atoms with Crippen LogP contribution in [-0.2, 0) is 6.42 Å². The lowest BCUT2D eigenvalue weighted by Crippen LogP contribution is -2.31. The summed E-state index contributed by atoms with van der Waals surface area (Å²) in [6.45, 7) is -0.222. The molecule has 0 heterocycles. The van der Waals surface area contributed by atoms with E-state index in [4.69, 9.17) is 0 Å². The molecule has 0 aliphatic heterocycles. The summed E-state index contributed by atoms with van der Waals surface area (Å²) < 4.78 is 24.8. The van der Waals surface area contributed by atoms with Crippen molar-refractivity contribution in [1.82, 2.24) is 4.90 Å². The van der Waals surface area contributed by atoms with Gasteiger partial charge >= 0.3 is 0 Å². The van der Waals surface area contributed by atoms with Crippen molar-refractivity contribution in [3.05, 3.63) is 29.3 Å². The number of fused-ring (bicyclic) bond motifs is 1. The standard InChI is InChI=1S/C13H17F2NO/c1-16(8-13(14)15)12-4-2-3-9-5-6-10(17)7-11(9)12/h5-7,12-13,17H,2-4,8H2,1H3. The molecule has 1 N–H and O–H groups in total. The largest absolute Gasteiger partial charge is 0.508 e. The van der Waals surface area contributed by atoms with E-state index in [-0.39, 0.29) is 18.3 Å². The van der Waals surface area contributed by atoms with Crippen molar-refractivity contribution in [2.24, 2.45) is 0 Å². The lowest BCUT2D eigenvalue weighted by molar-refractivity contribution is 0.0761. The lowest BCUT2D eigenvalue weighted by Gasteiger charge is -2.33. The van der Waals surface area contributed by atoms with Gasteiger partial charge in [-0.3, -0.25) is 4.90 Å². The first-order valence-electron chi connectivity index (χ1n) is 5.88. The molecule has 0 aromatic heterocycles. The average molecular weight is 241 g/mol. The molecule has 1 aliphatic carbocycles. The van der Waals surface area contributed by atoms with Crippen LogP contribution in [0.3, 0.4) is 0 Å². The molecule has 0 bridgehead atoms. The van der Waals surface area contributed by atoms with Crippen molar-refractivity contribution in [2.75, 3.05) is 13.6 Å². The number of hydrogen-bond acceptors (Lipinski definition) is 2. The van der Waals surface area contributed by atoms with Crippen molar-refractivity contribution in [1.29, 1.82) is 0 Å². The van der Waals surface area contributed by atoms with Crippen LogP contribution in [0.5, 0.6) is 5.75 Å². The van der Waals surface area contributed by atoms with Crippen LogP contribution in [0.1, 0.15) is 30.0 Å². The fourth-order valence-electron chi connectivity index (χ4n) is 2.56. The van der Waals surface area contributed by atoms with Gasteiger partial charge in [0.25, 0.3) is 6.43 Å². The minimum absolute atomic E-state index is 0.000139. The Kier molecular flexibility index (Phi) is 3.62. The summed E-state index contributed by atoms with van der Waals surface area (Å²) in [6, 6.07) is 5.27. The van der Waals surface area contributed by atoms with Gasteiger partial charge < -0.3 is 5.11 Å². The van der Waals surface area contributed by atoms with Crippen molar-refractivity contribution in [3.63, 3.8) is 0 Å². The molecule has 0 radical (unpaired) electrons. The summed E-state index contributed by atoms with van der Waals surface area (Å²) in [5.41, 5.74) is 2.17. The van der Waals surface area contributed by atoms with Gasteiger partial charge in [-0.1, -0.05) is 6.07 Å². The Bertz CT molecular complexity index is 395. The molecular formula is C13H17F2NO. The third-order valence-electron chi connectivity index (χ3n) is 3.37. The van der Waals surface area contributed by atoms with E-state index in [1.54, 1.807) is 24.1 Å². The molecule has 2 nitrogen and oxygen atoms in total. The van der Waals surface area contributed by atoms with Gasteiger partial charge in [0.1, 0.15) is 5.75 Å². The van der Waals surface area contributed by atoms with Crippen LogP contribution in [0.15, 0.2) is 18.2 Å². The van der Waals surface area contributed by atoms with E-state index in [2.05, 4.69) is 0 Å². The van der Waals surface area contributed by atoms with E-state index in [1.165, 1.54) is 5.56 Å². The molecule has 1 aliphatic rings. The summed E-state index contributed by atoms with van der Waals surface area (Å²) in [6.07, 6.45) is 0.535. The predicted molar refractivity (Wildman–Crippen MR) is 62.4 cm³/mol. The Morgan fingerprint density at radius 2 is 2.24 bits per heavy atom. The fourth-order valence-corrected chi connectivity index (χ4v) is 2.56. The highest BCUT2D eigenvalue weighted by Crippen LogP contribution is 2.35. The summed E-state index contributed by atoms with van der Waals surface area (Å²) in [5.74, 6) is 0.209. The van der Waals surface area contributed by atoms with Crippen LogP contribution >= 0.6 is 0 Å². The molecule has 17 heavy (non-hydrogen) atoms. The smallest absolute Gasteiger partial charge is 0.251 e. The topological polar surface area (TPSA) is 23.5 Å². The van der Waals surface area contributed by atoms with Gasteiger partial charge in [-0.15, -0.1) is 0 Å². The second-order valence-corrected chi connectivity index (χ2v) is 4.62. The third kappa shape index (κ3) is 2.75. The number of phenolic OH excluding ortho intramolecular Hbond substituents is 1. The van der Waals surface area contributed by atoms with Crippen LogP contribution in [0.2, 0.25) is 0 Å². The van der Waals surface area contributed by atoms with Crippen LogP contribution in [0.4, 0.5) is 8.78 Å². The van der Waals surface area contributed by atoms with E-state index < -0.39 is 6.43 Å². The van der Waals surface area contributed by atoms with E-state index in [9.17, 15) is 13.9 Å². The Labute approximate surface area is 99.9 Å². The zero-order valence-electron chi connectivity index (χ0n) is 9.87. The van der Waals surface area contributed by atoms with Crippen molar-refractivity contribution in [3.8, 4) is 5.75 Å². The predicted octanol–water partition coefficient (Wildman–Crippen LogP) is 2.97. The van der Waals surface area contributed by atoms with Crippen LogP contribution in [-0.4, -0.2) is 30.0 Å². The van der Waals surface area contributed by atoms with Gasteiger partial charge in [-0.05, 0) is 49.6 Å². The Hall–Kier alpha value is -1.16. The first kappa shape index (κ1) is 12.3. The van der Waals surface area contributed by atoms with Crippen molar-refractivity contribution < 1.29 is 13.9 Å². The van der Waals surface area contributed by atoms with E-state index in [0.717, 1.165) is 24.8 Å². The second-order valence-electron chi connectivity index (χ2n) is 4.62. The lowest BCUT2D eigenvalue weighted by atomic mass is 9.87. The molecule has 1 atom stereocenters. The molecule has 0 saturated heterocycles. The SMILES string of the molecule is CN(CC(F)F)C1CCCc2ccc(O)cc21. The summed E-state index contributed by atoms with van der Waals surface area (Å²) in [4.78, 5) is 1.68. The summed E-state index contributed by atoms with van der Waals surface area (Å²) in [5, 5.41) is 9.50. The van der Waals surface area contributed by atoms with Gasteiger partial charge in [0.05, 0.1) is 6.54 Å². The van der Waals surface area contributed by atoms with Crippen molar-refractivity contribution >= 4 is 0 Å². The van der Waals surface area contributed by atoms with Gasteiger partial charge in [0.15, 0.2) is 0 Å². The number of halogens is 2. The first-order valence-corrected chi connectivity index (χ1v) is 5.88. The third-order valence-corrected chi connectivity index (χ3v) is 3.37. The minimum Gasteiger partial charge on any atom is -0.508 e. The maximum absolute atomic E-state index is 12.4. The number of aryl methyl sites for hydroxylation is 1. The van der Waals surface area contributed by atoms with E-state index in [0.29, 0.717) is 0 Å². The highest BCUT2D eigenvalue weighted by molar-refractivity contribution is 5.38. The molecule has 0 spiro atoms. The molecule has 1 aromatic rings. The van der Waals surface area contributed by atoms with Crippen LogP contribution in [0.25, 0.3) is 0 Å². The fraction of sp³-hybridized carbons (Fsp3) is 0.538. The van der Waals surface area contributed by atoms with Gasteiger partial charge in [-0.25, -0.2) is 8.78 Å². The number of alkyl halides is 2. The quantitative estimate of drug-likeness (QED) is 0.879. The molecule has 4 heteroatoms. The molecule has 0 amide bonds. The number of rotatable bonds is 3. The van der Waals surface area contributed by atoms with Gasteiger partial charge in [-0.2, -0.15) is 0 Å². The molecule has 0 fully saturated rings. The van der Waals surface area contributed by atoms with Crippen LogP contribution in [0, 0.1) is 0 Å². The van der Waals surface area contributed by atoms with Gasteiger partial charge in [0.2, 0.25) is 0 Å². The van der Waals surface area contributed by atoms with Gasteiger partial charge in [0, 0.05) is 6.04 Å². The highest BCUT2D eigenvalue weighted by Gasteiger charge is 2.25. The number of hydrogen-bond donors (Lipinski definition) is 1. The van der Waals surface area contributed by atoms with E-state index >= 15 is 0 Å². The Balaban J connectivity index is 2.24. The molecule has 2 rings (SSSR count). The molecule has 1 aromatic carbocycles. The molecule has 0 saturated carbocycles. The number of benzene rings is 1. The highest BCUT2D eigenvalue weighted by atomic mass is 19.3. The first-order chi connectivity index (χ1) is 8.08. The Morgan fingerprint density at radius 1 is 1.47 bits per heavy atom. The maximum atomic E-state index is 12.4. The number of aromatic hydroxyl groups is 1. The van der Waals surface area contributed by atoms with Crippen LogP contribution < -0.4 is 0 Å². The number of nitrogens with zero attached hydrogens (tertiary/aromatic N) is 1. The summed E-state index contributed by atoms with van der Waals surface area (Å²) in [7, 11) is 1.72.